The molecule has 0 saturated heterocycles. The van der Waals surface area contributed by atoms with Crippen LogP contribution >= 0.6 is 0 Å². The Labute approximate surface area is 225 Å². The van der Waals surface area contributed by atoms with Crippen molar-refractivity contribution >= 4 is 17.9 Å². The first-order valence-corrected chi connectivity index (χ1v) is 14.0. The van der Waals surface area contributed by atoms with Crippen LogP contribution in [0.1, 0.15) is 112 Å². The minimum Gasteiger partial charge on any atom is -0.444 e. The zero-order valence-corrected chi connectivity index (χ0v) is 24.6. The molecule has 7 heteroatoms. The van der Waals surface area contributed by atoms with E-state index in [0.29, 0.717) is 19.4 Å². The van der Waals surface area contributed by atoms with E-state index in [1.165, 1.54) is 0 Å². The Morgan fingerprint density at radius 2 is 1.59 bits per heavy atom. The summed E-state index contributed by atoms with van der Waals surface area (Å²) in [7, 11) is 0. The van der Waals surface area contributed by atoms with Gasteiger partial charge in [-0.3, -0.25) is 9.59 Å². The first-order chi connectivity index (χ1) is 17.3. The number of rotatable bonds is 14. The lowest BCUT2D eigenvalue weighted by atomic mass is 9.96. The maximum absolute atomic E-state index is 14.2. The highest BCUT2D eigenvalue weighted by molar-refractivity contribution is 5.92. The average molecular weight is 518 g/mol. The number of ether oxygens (including phenoxy) is 1. The third-order valence-corrected chi connectivity index (χ3v) is 6.33. The molecule has 0 fully saturated rings. The number of carbonyl (C=O) groups excluding carboxylic acids is 3. The first kappa shape index (κ1) is 32.5. The predicted molar refractivity (Wildman–Crippen MR) is 150 cm³/mol. The Balaban J connectivity index is 3.46. The van der Waals surface area contributed by atoms with Gasteiger partial charge in [-0.05, 0) is 70.4 Å². The van der Waals surface area contributed by atoms with E-state index in [0.717, 1.165) is 36.8 Å². The Hall–Kier alpha value is -2.57. The standard InChI is InChI=1S/C30H51N3O4/c1-10-13-14-19-31-27(34)26(24-17-15-23(12-3)16-18-24)33(22(6)11-2)28(35)25(20-21(4)5)32-29(36)37-30(7,8)9/h15-18,21-22,25-26H,10-14,19-20H2,1-9H3,(H,31,34)(H,32,36). The van der Waals surface area contributed by atoms with Gasteiger partial charge in [-0.25, -0.2) is 4.79 Å². The number of unbranched alkanes of at least 4 members (excludes halogenated alkanes) is 2. The fraction of sp³-hybridized carbons (Fsp3) is 0.700. The summed E-state index contributed by atoms with van der Waals surface area (Å²) in [6.45, 7) is 18.1. The van der Waals surface area contributed by atoms with Crippen molar-refractivity contribution in [1.82, 2.24) is 15.5 Å². The molecule has 0 spiro atoms. The normalized spacial score (nSPS) is 14.0. The number of amides is 3. The zero-order chi connectivity index (χ0) is 28.2. The van der Waals surface area contributed by atoms with Gasteiger partial charge in [0.05, 0.1) is 0 Å². The van der Waals surface area contributed by atoms with Gasteiger partial charge in [-0.15, -0.1) is 0 Å². The summed E-state index contributed by atoms with van der Waals surface area (Å²) in [5.41, 5.74) is 1.24. The van der Waals surface area contributed by atoms with Gasteiger partial charge in [-0.2, -0.15) is 0 Å². The van der Waals surface area contributed by atoms with E-state index in [4.69, 9.17) is 4.74 Å². The van der Waals surface area contributed by atoms with Gasteiger partial charge in [0.25, 0.3) is 0 Å². The van der Waals surface area contributed by atoms with Crippen LogP contribution in [0.15, 0.2) is 24.3 Å². The summed E-state index contributed by atoms with van der Waals surface area (Å²) < 4.78 is 5.46. The van der Waals surface area contributed by atoms with Crippen molar-refractivity contribution in [3.63, 3.8) is 0 Å². The Kier molecular flexibility index (Phi) is 13.7. The smallest absolute Gasteiger partial charge is 0.408 e. The fourth-order valence-electron chi connectivity index (χ4n) is 4.18. The van der Waals surface area contributed by atoms with E-state index in [1.54, 1.807) is 25.7 Å². The zero-order valence-electron chi connectivity index (χ0n) is 24.6. The number of benzene rings is 1. The number of nitrogens with one attached hydrogen (secondary N) is 2. The summed E-state index contributed by atoms with van der Waals surface area (Å²) in [5.74, 6) is -0.329. The van der Waals surface area contributed by atoms with E-state index in [1.807, 2.05) is 52.0 Å². The molecule has 1 aromatic rings. The molecule has 0 radical (unpaired) electrons. The topological polar surface area (TPSA) is 87.7 Å². The lowest BCUT2D eigenvalue weighted by Crippen LogP contribution is -2.55. The van der Waals surface area contributed by atoms with Gasteiger partial charge in [0, 0.05) is 12.6 Å². The minimum atomic E-state index is -0.811. The maximum Gasteiger partial charge on any atom is 0.408 e. The molecular formula is C30H51N3O4. The molecule has 1 rings (SSSR count). The molecular weight excluding hydrogens is 466 g/mol. The van der Waals surface area contributed by atoms with E-state index in [9.17, 15) is 14.4 Å². The van der Waals surface area contributed by atoms with Crippen molar-refractivity contribution in [1.29, 1.82) is 0 Å². The minimum absolute atomic E-state index is 0.146. The maximum atomic E-state index is 14.2. The highest BCUT2D eigenvalue weighted by atomic mass is 16.6. The van der Waals surface area contributed by atoms with Gasteiger partial charge in [0.2, 0.25) is 11.8 Å². The molecule has 3 atom stereocenters. The molecule has 2 N–H and O–H groups in total. The van der Waals surface area contributed by atoms with Crippen LogP contribution in [-0.2, 0) is 20.7 Å². The molecule has 0 saturated carbocycles. The molecule has 3 amide bonds. The summed E-state index contributed by atoms with van der Waals surface area (Å²) in [5, 5.41) is 5.87. The highest BCUT2D eigenvalue weighted by Crippen LogP contribution is 2.28. The van der Waals surface area contributed by atoms with E-state index >= 15 is 0 Å². The van der Waals surface area contributed by atoms with Crippen LogP contribution in [0.2, 0.25) is 0 Å². The summed E-state index contributed by atoms with van der Waals surface area (Å²) in [6, 6.07) is 6.07. The van der Waals surface area contributed by atoms with Crippen LogP contribution in [0.5, 0.6) is 0 Å². The second-order valence-electron chi connectivity index (χ2n) is 11.3. The molecule has 0 aliphatic rings. The van der Waals surface area contributed by atoms with E-state index in [2.05, 4.69) is 24.5 Å². The van der Waals surface area contributed by atoms with Crippen molar-refractivity contribution in [3.05, 3.63) is 35.4 Å². The molecule has 0 aliphatic heterocycles. The van der Waals surface area contributed by atoms with Crippen LogP contribution in [0.25, 0.3) is 0 Å². The molecule has 37 heavy (non-hydrogen) atoms. The summed E-state index contributed by atoms with van der Waals surface area (Å²) in [6.07, 6.45) is 4.33. The van der Waals surface area contributed by atoms with E-state index < -0.39 is 23.8 Å². The van der Waals surface area contributed by atoms with Gasteiger partial charge in [-0.1, -0.05) is 71.7 Å². The quantitative estimate of drug-likeness (QED) is 0.289. The molecule has 0 heterocycles. The van der Waals surface area contributed by atoms with Crippen molar-refractivity contribution in [2.45, 2.75) is 125 Å². The van der Waals surface area contributed by atoms with Crippen LogP contribution < -0.4 is 10.6 Å². The molecule has 3 unspecified atom stereocenters. The monoisotopic (exact) mass is 517 g/mol. The van der Waals surface area contributed by atoms with E-state index in [-0.39, 0.29) is 23.8 Å². The second-order valence-corrected chi connectivity index (χ2v) is 11.3. The largest absolute Gasteiger partial charge is 0.444 e. The molecule has 0 aromatic heterocycles. The van der Waals surface area contributed by atoms with Gasteiger partial charge >= 0.3 is 6.09 Å². The Morgan fingerprint density at radius 3 is 2.08 bits per heavy atom. The van der Waals surface area contributed by atoms with Crippen LogP contribution in [0.4, 0.5) is 4.79 Å². The number of hydrogen-bond donors (Lipinski definition) is 2. The molecule has 210 valence electrons. The SMILES string of the molecule is CCCCCNC(=O)C(c1ccc(CC)cc1)N(C(=O)C(CC(C)C)NC(=O)OC(C)(C)C)C(C)CC. The van der Waals surface area contributed by atoms with Crippen LogP contribution in [0.3, 0.4) is 0 Å². The average Bonchev–Trinajstić information content (AvgIpc) is 2.82. The lowest BCUT2D eigenvalue weighted by Gasteiger charge is -2.38. The number of carbonyl (C=O) groups is 3. The summed E-state index contributed by atoms with van der Waals surface area (Å²) in [4.78, 5) is 42.2. The number of aryl methyl sites for hydroxylation is 1. The van der Waals surface area contributed by atoms with Gasteiger partial charge < -0.3 is 20.3 Å². The van der Waals surface area contributed by atoms with Crippen molar-refractivity contribution in [3.8, 4) is 0 Å². The number of hydrogen-bond acceptors (Lipinski definition) is 4. The third-order valence-electron chi connectivity index (χ3n) is 6.33. The van der Waals surface area contributed by atoms with Crippen LogP contribution in [-0.4, -0.2) is 47.0 Å². The predicted octanol–water partition coefficient (Wildman–Crippen LogP) is 6.16. The first-order valence-electron chi connectivity index (χ1n) is 14.0. The van der Waals surface area contributed by atoms with Gasteiger partial charge in [0.15, 0.2) is 0 Å². The van der Waals surface area contributed by atoms with Crippen molar-refractivity contribution < 1.29 is 19.1 Å². The lowest BCUT2D eigenvalue weighted by molar-refractivity contribution is -0.145. The molecule has 1 aromatic carbocycles. The number of alkyl carbamates (subject to hydrolysis) is 1. The highest BCUT2D eigenvalue weighted by Gasteiger charge is 2.38. The van der Waals surface area contributed by atoms with Crippen molar-refractivity contribution in [2.24, 2.45) is 5.92 Å². The van der Waals surface area contributed by atoms with Gasteiger partial charge in [0.1, 0.15) is 17.7 Å². The Bertz CT molecular complexity index is 845. The molecule has 7 nitrogen and oxygen atoms in total. The van der Waals surface area contributed by atoms with Crippen molar-refractivity contribution in [2.75, 3.05) is 6.54 Å². The molecule has 0 aliphatic carbocycles. The van der Waals surface area contributed by atoms with Crippen LogP contribution in [0, 0.1) is 5.92 Å². The Morgan fingerprint density at radius 1 is 0.973 bits per heavy atom. The third kappa shape index (κ3) is 11.1. The fourth-order valence-corrected chi connectivity index (χ4v) is 4.18. The molecule has 0 bridgehead atoms. The second kappa shape index (κ2) is 15.6. The summed E-state index contributed by atoms with van der Waals surface area (Å²) >= 11 is 0. The number of nitrogens with zero attached hydrogens (tertiary/aromatic N) is 1.